The normalized spacial score (nSPS) is 12.8. The third-order valence-electron chi connectivity index (χ3n) is 3.36. The van der Waals surface area contributed by atoms with Gasteiger partial charge in [-0.3, -0.25) is 0 Å². The summed E-state index contributed by atoms with van der Waals surface area (Å²) in [6.45, 7) is 0. The first-order valence-corrected chi connectivity index (χ1v) is 8.68. The molecule has 0 spiro atoms. The van der Waals surface area contributed by atoms with Gasteiger partial charge >= 0.3 is 6.18 Å². The number of rotatable bonds is 4. The number of alkyl halides is 3. The fourth-order valence-electron chi connectivity index (χ4n) is 2.31. The Labute approximate surface area is 144 Å². The van der Waals surface area contributed by atoms with Gasteiger partial charge in [0.25, 0.3) is 0 Å². The molecule has 0 aliphatic rings. The molecule has 25 heavy (non-hydrogen) atoms. The van der Waals surface area contributed by atoms with E-state index in [4.69, 9.17) is 4.18 Å². The van der Waals surface area contributed by atoms with Gasteiger partial charge in [-0.2, -0.15) is 18.3 Å². The molecule has 0 bridgehead atoms. The predicted octanol–water partition coefficient (Wildman–Crippen LogP) is 4.23. The SMILES string of the molecule is CS(=O)Oc1ccc(-n2nc(C(F)(F)F)cc2-c2ccccc2)cc1. The van der Waals surface area contributed by atoms with E-state index < -0.39 is 23.0 Å². The minimum Gasteiger partial charge on any atom is -0.401 e. The Morgan fingerprint density at radius 2 is 1.68 bits per heavy atom. The van der Waals surface area contributed by atoms with Crippen LogP contribution >= 0.6 is 0 Å². The number of hydrogen-bond donors (Lipinski definition) is 0. The molecule has 1 unspecified atom stereocenters. The maximum absolute atomic E-state index is 13.1. The first kappa shape index (κ1) is 17.2. The van der Waals surface area contributed by atoms with Crippen LogP contribution in [-0.2, 0) is 17.3 Å². The lowest BCUT2D eigenvalue weighted by Crippen LogP contribution is -2.07. The van der Waals surface area contributed by atoms with E-state index in [0.717, 1.165) is 6.07 Å². The quantitative estimate of drug-likeness (QED) is 0.694. The van der Waals surface area contributed by atoms with Gasteiger partial charge in [0, 0.05) is 11.8 Å². The second-order valence-electron chi connectivity index (χ2n) is 5.17. The maximum Gasteiger partial charge on any atom is 0.435 e. The van der Waals surface area contributed by atoms with Crippen molar-refractivity contribution in [3.05, 3.63) is 66.4 Å². The lowest BCUT2D eigenvalue weighted by atomic mass is 10.1. The monoisotopic (exact) mass is 366 g/mol. The summed E-state index contributed by atoms with van der Waals surface area (Å²) in [7, 11) is 0. The van der Waals surface area contributed by atoms with Crippen molar-refractivity contribution in [3.8, 4) is 22.7 Å². The molecular formula is C17H13F3N2O2S. The Hall–Kier alpha value is -2.61. The molecule has 0 aliphatic heterocycles. The van der Waals surface area contributed by atoms with Gasteiger partial charge in [0.05, 0.1) is 11.4 Å². The van der Waals surface area contributed by atoms with Crippen LogP contribution in [0, 0.1) is 0 Å². The molecule has 1 atom stereocenters. The van der Waals surface area contributed by atoms with Crippen molar-refractivity contribution in [1.82, 2.24) is 9.78 Å². The Morgan fingerprint density at radius 3 is 2.24 bits per heavy atom. The Bertz CT molecular complexity index is 891. The van der Waals surface area contributed by atoms with E-state index in [2.05, 4.69) is 5.10 Å². The Balaban J connectivity index is 2.08. The summed E-state index contributed by atoms with van der Waals surface area (Å²) >= 11 is -1.48. The average Bonchev–Trinajstić information content (AvgIpc) is 3.01. The zero-order chi connectivity index (χ0) is 18.0. The zero-order valence-electron chi connectivity index (χ0n) is 13.0. The smallest absolute Gasteiger partial charge is 0.401 e. The van der Waals surface area contributed by atoms with E-state index >= 15 is 0 Å². The molecule has 0 aliphatic carbocycles. The maximum atomic E-state index is 13.1. The minimum atomic E-state index is -4.54. The van der Waals surface area contributed by atoms with Crippen molar-refractivity contribution in [2.24, 2.45) is 0 Å². The highest BCUT2D eigenvalue weighted by Crippen LogP contribution is 2.33. The van der Waals surface area contributed by atoms with Crippen LogP contribution in [0.15, 0.2) is 60.7 Å². The van der Waals surface area contributed by atoms with Crippen LogP contribution < -0.4 is 4.18 Å². The van der Waals surface area contributed by atoms with Crippen molar-refractivity contribution in [2.75, 3.05) is 6.26 Å². The molecular weight excluding hydrogens is 353 g/mol. The zero-order valence-corrected chi connectivity index (χ0v) is 13.8. The number of nitrogens with zero attached hydrogens (tertiary/aromatic N) is 2. The van der Waals surface area contributed by atoms with Crippen LogP contribution in [0.1, 0.15) is 5.69 Å². The number of halogens is 3. The molecule has 8 heteroatoms. The van der Waals surface area contributed by atoms with E-state index in [1.165, 1.54) is 23.1 Å². The van der Waals surface area contributed by atoms with Crippen molar-refractivity contribution in [1.29, 1.82) is 0 Å². The minimum absolute atomic E-state index is 0.320. The lowest BCUT2D eigenvalue weighted by Gasteiger charge is -2.08. The molecule has 3 rings (SSSR count). The molecule has 1 heterocycles. The summed E-state index contributed by atoms with van der Waals surface area (Å²) < 4.78 is 56.6. The molecule has 130 valence electrons. The fourth-order valence-corrected chi connectivity index (χ4v) is 2.69. The first-order valence-electron chi connectivity index (χ1n) is 7.19. The van der Waals surface area contributed by atoms with Crippen molar-refractivity contribution in [3.63, 3.8) is 0 Å². The molecule has 4 nitrogen and oxygen atoms in total. The molecule has 3 aromatic rings. The number of benzene rings is 2. The highest BCUT2D eigenvalue weighted by molar-refractivity contribution is 7.79. The van der Waals surface area contributed by atoms with Crippen LogP contribution in [0.2, 0.25) is 0 Å². The van der Waals surface area contributed by atoms with Gasteiger partial charge in [-0.15, -0.1) is 0 Å². The van der Waals surface area contributed by atoms with E-state index in [-0.39, 0.29) is 0 Å². The number of hydrogen-bond acceptors (Lipinski definition) is 3. The standard InChI is InChI=1S/C17H13F3N2O2S/c1-25(23)24-14-9-7-13(8-10-14)22-15(12-5-3-2-4-6-12)11-16(21-22)17(18,19)20/h2-11H,1H3. The summed E-state index contributed by atoms with van der Waals surface area (Å²) in [6.07, 6.45) is -3.17. The fraction of sp³-hybridized carbons (Fsp3) is 0.118. The van der Waals surface area contributed by atoms with Gasteiger partial charge in [0.2, 0.25) is 11.1 Å². The summed E-state index contributed by atoms with van der Waals surface area (Å²) in [5, 5.41) is 3.71. The van der Waals surface area contributed by atoms with Crippen LogP contribution in [0.25, 0.3) is 16.9 Å². The van der Waals surface area contributed by atoms with Crippen molar-refractivity contribution < 1.29 is 21.6 Å². The van der Waals surface area contributed by atoms with Crippen LogP contribution in [0.4, 0.5) is 13.2 Å². The predicted molar refractivity (Wildman–Crippen MR) is 88.7 cm³/mol. The third-order valence-corrected chi connectivity index (χ3v) is 3.79. The average molecular weight is 366 g/mol. The lowest BCUT2D eigenvalue weighted by molar-refractivity contribution is -0.141. The highest BCUT2D eigenvalue weighted by Gasteiger charge is 2.35. The number of aromatic nitrogens is 2. The third kappa shape index (κ3) is 3.90. The van der Waals surface area contributed by atoms with Crippen LogP contribution in [0.3, 0.4) is 0 Å². The topological polar surface area (TPSA) is 44.1 Å². The van der Waals surface area contributed by atoms with Gasteiger partial charge in [-0.25, -0.2) is 8.89 Å². The molecule has 0 amide bonds. The summed E-state index contributed by atoms with van der Waals surface area (Å²) in [6, 6.07) is 15.9. The molecule has 2 aromatic carbocycles. The van der Waals surface area contributed by atoms with Crippen LogP contribution in [0.5, 0.6) is 5.75 Å². The van der Waals surface area contributed by atoms with Gasteiger partial charge in [-0.05, 0) is 30.3 Å². The van der Waals surface area contributed by atoms with Gasteiger partial charge in [-0.1, -0.05) is 30.3 Å². The van der Waals surface area contributed by atoms with Crippen molar-refractivity contribution in [2.45, 2.75) is 6.18 Å². The van der Waals surface area contributed by atoms with Crippen molar-refractivity contribution >= 4 is 11.1 Å². The largest absolute Gasteiger partial charge is 0.435 e. The summed E-state index contributed by atoms with van der Waals surface area (Å²) in [5.41, 5.74) is 0.395. The Kier molecular flexibility index (Phi) is 4.63. The van der Waals surface area contributed by atoms with Gasteiger partial charge < -0.3 is 4.18 Å². The molecule has 1 aromatic heterocycles. The second-order valence-corrected chi connectivity index (χ2v) is 6.14. The Morgan fingerprint density at radius 1 is 1.04 bits per heavy atom. The van der Waals surface area contributed by atoms with Gasteiger partial charge in [0.15, 0.2) is 5.69 Å². The van der Waals surface area contributed by atoms with Gasteiger partial charge in [0.1, 0.15) is 5.75 Å². The molecule has 0 N–H and O–H groups in total. The summed E-state index contributed by atoms with van der Waals surface area (Å²) in [4.78, 5) is 0. The van der Waals surface area contributed by atoms with Crippen LogP contribution in [-0.4, -0.2) is 20.2 Å². The van der Waals surface area contributed by atoms with E-state index in [9.17, 15) is 17.4 Å². The molecule has 0 saturated heterocycles. The summed E-state index contributed by atoms with van der Waals surface area (Å²) in [5.74, 6) is 0.356. The van der Waals surface area contributed by atoms with E-state index in [1.54, 1.807) is 42.5 Å². The first-order chi connectivity index (χ1) is 11.8. The van der Waals surface area contributed by atoms with E-state index in [1.807, 2.05) is 0 Å². The molecule has 0 fully saturated rings. The second kappa shape index (κ2) is 6.72. The molecule has 0 radical (unpaired) electrons. The molecule has 0 saturated carbocycles. The highest BCUT2D eigenvalue weighted by atomic mass is 32.2. The van der Waals surface area contributed by atoms with E-state index in [0.29, 0.717) is 22.7 Å².